The van der Waals surface area contributed by atoms with Crippen molar-refractivity contribution in [3.05, 3.63) is 24.3 Å². The van der Waals surface area contributed by atoms with E-state index >= 15 is 0 Å². The maximum absolute atomic E-state index is 4.49. The molecule has 0 spiro atoms. The molecule has 3 rings (SSSR count). The number of imidazole rings is 1. The number of aromatic nitrogens is 2. The molecule has 4 heteroatoms. The van der Waals surface area contributed by atoms with Gasteiger partial charge in [-0.05, 0) is 37.8 Å². The van der Waals surface area contributed by atoms with E-state index in [1.807, 2.05) is 24.3 Å². The maximum atomic E-state index is 4.49. The standard InChI is InChI=1S/C15H20N4/c1-11(12-7-3-2-4-8-12)18-19-15-16-13-9-5-6-10-14(13)17-15/h5-6,9-10,12H,2-4,7-8H2,1H3,(H2,16,17,19)/b18-11+. The first-order valence-corrected chi connectivity index (χ1v) is 7.08. The summed E-state index contributed by atoms with van der Waals surface area (Å²) in [5, 5.41) is 4.49. The molecule has 1 aromatic carbocycles. The molecule has 1 heterocycles. The van der Waals surface area contributed by atoms with Gasteiger partial charge in [-0.15, -0.1) is 0 Å². The molecule has 1 fully saturated rings. The average molecular weight is 256 g/mol. The molecule has 0 unspecified atom stereocenters. The predicted molar refractivity (Wildman–Crippen MR) is 79.4 cm³/mol. The van der Waals surface area contributed by atoms with Crippen LogP contribution in [0, 0.1) is 5.92 Å². The lowest BCUT2D eigenvalue weighted by molar-refractivity contribution is 0.438. The van der Waals surface area contributed by atoms with Crippen molar-refractivity contribution in [1.29, 1.82) is 0 Å². The largest absolute Gasteiger partial charge is 0.323 e. The number of para-hydroxylation sites is 2. The fourth-order valence-electron chi connectivity index (χ4n) is 2.76. The van der Waals surface area contributed by atoms with Crippen LogP contribution in [0.4, 0.5) is 5.95 Å². The summed E-state index contributed by atoms with van der Waals surface area (Å²) >= 11 is 0. The van der Waals surface area contributed by atoms with Gasteiger partial charge in [0.05, 0.1) is 11.0 Å². The Morgan fingerprint density at radius 3 is 2.84 bits per heavy atom. The number of hydrazone groups is 1. The van der Waals surface area contributed by atoms with Crippen molar-refractivity contribution in [2.24, 2.45) is 11.0 Å². The van der Waals surface area contributed by atoms with Gasteiger partial charge in [-0.3, -0.25) is 0 Å². The van der Waals surface area contributed by atoms with Crippen LogP contribution >= 0.6 is 0 Å². The molecule has 1 aliphatic carbocycles. The van der Waals surface area contributed by atoms with E-state index < -0.39 is 0 Å². The summed E-state index contributed by atoms with van der Waals surface area (Å²) < 4.78 is 0. The molecule has 19 heavy (non-hydrogen) atoms. The number of rotatable bonds is 3. The Bertz CT molecular complexity index is 546. The summed E-state index contributed by atoms with van der Waals surface area (Å²) in [6, 6.07) is 8.00. The number of nitrogens with one attached hydrogen (secondary N) is 2. The number of aromatic amines is 1. The Morgan fingerprint density at radius 1 is 1.26 bits per heavy atom. The van der Waals surface area contributed by atoms with E-state index in [4.69, 9.17) is 0 Å². The number of hydrogen-bond donors (Lipinski definition) is 2. The van der Waals surface area contributed by atoms with Gasteiger partial charge in [0.2, 0.25) is 5.95 Å². The second kappa shape index (κ2) is 5.43. The topological polar surface area (TPSA) is 53.1 Å². The van der Waals surface area contributed by atoms with Crippen LogP contribution in [0.2, 0.25) is 0 Å². The van der Waals surface area contributed by atoms with Crippen LogP contribution in [0.1, 0.15) is 39.0 Å². The lowest BCUT2D eigenvalue weighted by Gasteiger charge is -2.20. The maximum Gasteiger partial charge on any atom is 0.222 e. The van der Waals surface area contributed by atoms with Gasteiger partial charge >= 0.3 is 0 Å². The number of H-pyrrole nitrogens is 1. The molecular formula is C15H20N4. The number of hydrogen-bond acceptors (Lipinski definition) is 3. The van der Waals surface area contributed by atoms with Crippen molar-refractivity contribution >= 4 is 22.7 Å². The molecule has 0 saturated heterocycles. The summed E-state index contributed by atoms with van der Waals surface area (Å²) in [5.74, 6) is 1.36. The predicted octanol–water partition coefficient (Wildman–Crippen LogP) is 3.93. The number of fused-ring (bicyclic) bond motifs is 1. The monoisotopic (exact) mass is 256 g/mol. The minimum atomic E-state index is 0.644. The van der Waals surface area contributed by atoms with Gasteiger partial charge in [-0.1, -0.05) is 31.4 Å². The molecule has 2 aromatic rings. The summed E-state index contributed by atoms with van der Waals surface area (Å²) in [4.78, 5) is 7.68. The van der Waals surface area contributed by atoms with E-state index in [0.717, 1.165) is 17.0 Å². The third-order valence-electron chi connectivity index (χ3n) is 3.92. The SMILES string of the molecule is C/C(=N\Nc1nc2ccccc2[nH]1)C1CCCCC1. The first kappa shape index (κ1) is 12.2. The number of nitrogens with zero attached hydrogens (tertiary/aromatic N) is 2. The van der Waals surface area contributed by atoms with Crippen LogP contribution in [0.15, 0.2) is 29.4 Å². The van der Waals surface area contributed by atoms with Gasteiger partial charge in [0.1, 0.15) is 0 Å². The highest BCUT2D eigenvalue weighted by Crippen LogP contribution is 2.25. The normalized spacial score (nSPS) is 17.8. The Balaban J connectivity index is 1.70. The fourth-order valence-corrected chi connectivity index (χ4v) is 2.76. The van der Waals surface area contributed by atoms with Crippen molar-refractivity contribution in [3.63, 3.8) is 0 Å². The molecule has 100 valence electrons. The number of anilines is 1. The highest BCUT2D eigenvalue weighted by atomic mass is 15.4. The molecule has 0 aliphatic heterocycles. The second-order valence-electron chi connectivity index (χ2n) is 5.30. The van der Waals surface area contributed by atoms with Crippen LogP contribution in [-0.2, 0) is 0 Å². The van der Waals surface area contributed by atoms with Crippen LogP contribution < -0.4 is 5.43 Å². The van der Waals surface area contributed by atoms with Crippen molar-refractivity contribution in [1.82, 2.24) is 9.97 Å². The van der Waals surface area contributed by atoms with Gasteiger partial charge in [0.15, 0.2) is 0 Å². The van der Waals surface area contributed by atoms with Gasteiger partial charge < -0.3 is 4.98 Å². The minimum absolute atomic E-state index is 0.644. The Morgan fingerprint density at radius 2 is 2.05 bits per heavy atom. The molecule has 1 aliphatic rings. The fraction of sp³-hybridized carbons (Fsp3) is 0.467. The molecule has 1 saturated carbocycles. The third-order valence-corrected chi connectivity index (χ3v) is 3.92. The zero-order chi connectivity index (χ0) is 13.1. The average Bonchev–Trinajstić information content (AvgIpc) is 2.88. The number of benzene rings is 1. The second-order valence-corrected chi connectivity index (χ2v) is 5.30. The molecule has 4 nitrogen and oxygen atoms in total. The van der Waals surface area contributed by atoms with E-state index in [2.05, 4.69) is 27.4 Å². The molecular weight excluding hydrogens is 236 g/mol. The summed E-state index contributed by atoms with van der Waals surface area (Å²) in [5.41, 5.74) is 6.25. The zero-order valence-electron chi connectivity index (χ0n) is 11.3. The highest BCUT2D eigenvalue weighted by Gasteiger charge is 2.16. The van der Waals surface area contributed by atoms with Crippen LogP contribution in [-0.4, -0.2) is 15.7 Å². The zero-order valence-corrected chi connectivity index (χ0v) is 11.3. The smallest absolute Gasteiger partial charge is 0.222 e. The Kier molecular flexibility index (Phi) is 3.49. The van der Waals surface area contributed by atoms with Crippen molar-refractivity contribution in [2.75, 3.05) is 5.43 Å². The van der Waals surface area contributed by atoms with Crippen LogP contribution in [0.5, 0.6) is 0 Å². The molecule has 1 aromatic heterocycles. The van der Waals surface area contributed by atoms with Crippen LogP contribution in [0.3, 0.4) is 0 Å². The minimum Gasteiger partial charge on any atom is -0.323 e. The van der Waals surface area contributed by atoms with Gasteiger partial charge in [0.25, 0.3) is 0 Å². The highest BCUT2D eigenvalue weighted by molar-refractivity contribution is 5.85. The van der Waals surface area contributed by atoms with Crippen molar-refractivity contribution < 1.29 is 0 Å². The summed E-state index contributed by atoms with van der Waals surface area (Å²) in [7, 11) is 0. The third kappa shape index (κ3) is 2.78. The Hall–Kier alpha value is -1.84. The van der Waals surface area contributed by atoms with E-state index in [1.165, 1.54) is 37.8 Å². The first-order valence-electron chi connectivity index (χ1n) is 7.08. The van der Waals surface area contributed by atoms with Crippen LogP contribution in [0.25, 0.3) is 11.0 Å². The van der Waals surface area contributed by atoms with E-state index in [1.54, 1.807) is 0 Å². The summed E-state index contributed by atoms with van der Waals surface area (Å²) in [6.07, 6.45) is 6.60. The molecule has 0 atom stereocenters. The molecule has 2 N–H and O–H groups in total. The Labute approximate surface area is 113 Å². The molecule has 0 bridgehead atoms. The first-order chi connectivity index (χ1) is 9.33. The quantitative estimate of drug-likeness (QED) is 0.645. The van der Waals surface area contributed by atoms with E-state index in [0.29, 0.717) is 5.92 Å². The van der Waals surface area contributed by atoms with Gasteiger partial charge in [-0.2, -0.15) is 5.10 Å². The van der Waals surface area contributed by atoms with Gasteiger partial charge in [0, 0.05) is 5.71 Å². The lowest BCUT2D eigenvalue weighted by atomic mass is 9.86. The van der Waals surface area contributed by atoms with Gasteiger partial charge in [-0.25, -0.2) is 10.4 Å². The lowest BCUT2D eigenvalue weighted by Crippen LogP contribution is -2.16. The summed E-state index contributed by atoms with van der Waals surface area (Å²) in [6.45, 7) is 2.12. The van der Waals surface area contributed by atoms with Crippen molar-refractivity contribution in [2.45, 2.75) is 39.0 Å². The van der Waals surface area contributed by atoms with E-state index in [-0.39, 0.29) is 0 Å². The molecule has 0 radical (unpaired) electrons. The van der Waals surface area contributed by atoms with E-state index in [9.17, 15) is 0 Å². The van der Waals surface area contributed by atoms with Crippen molar-refractivity contribution in [3.8, 4) is 0 Å². The molecule has 0 amide bonds.